The molecule has 0 unspecified atom stereocenters. The van der Waals surface area contributed by atoms with Gasteiger partial charge in [0.15, 0.2) is 16.8 Å². The van der Waals surface area contributed by atoms with Gasteiger partial charge in [-0.2, -0.15) is 4.98 Å². The van der Waals surface area contributed by atoms with E-state index in [1.54, 1.807) is 19.3 Å². The minimum absolute atomic E-state index is 0.526. The third-order valence-electron chi connectivity index (χ3n) is 3.80. The number of pyridine rings is 1. The molecule has 7 nitrogen and oxygen atoms in total. The summed E-state index contributed by atoms with van der Waals surface area (Å²) in [6.07, 6.45) is 3.53. The Balaban J connectivity index is 1.77. The maximum Gasteiger partial charge on any atom is 0.237 e. The van der Waals surface area contributed by atoms with Gasteiger partial charge in [-0.05, 0) is 37.6 Å². The van der Waals surface area contributed by atoms with Crippen LogP contribution >= 0.6 is 11.8 Å². The van der Waals surface area contributed by atoms with E-state index in [1.807, 2.05) is 28.8 Å². The lowest BCUT2D eigenvalue weighted by Crippen LogP contribution is -2.02. The standard InChI is InChI=1S/C18H16N6OS/c1-12-6-3-4-8-15(12)24-17(14-7-5-9-19-10-14)21-22-18(24)26-11-16-20-13(2)23-25-16/h3-10H,11H2,1-2H3. The van der Waals surface area contributed by atoms with Gasteiger partial charge >= 0.3 is 0 Å². The highest BCUT2D eigenvalue weighted by Gasteiger charge is 2.18. The topological polar surface area (TPSA) is 82.5 Å². The fourth-order valence-electron chi connectivity index (χ4n) is 2.60. The average Bonchev–Trinajstić information content (AvgIpc) is 3.27. The third kappa shape index (κ3) is 3.23. The van der Waals surface area contributed by atoms with Crippen molar-refractivity contribution in [2.75, 3.05) is 0 Å². The largest absolute Gasteiger partial charge is 0.338 e. The highest BCUT2D eigenvalue weighted by molar-refractivity contribution is 7.98. The van der Waals surface area contributed by atoms with Gasteiger partial charge in [0.25, 0.3) is 0 Å². The van der Waals surface area contributed by atoms with Crippen LogP contribution in [-0.2, 0) is 5.75 Å². The Kier molecular flexibility index (Phi) is 4.49. The zero-order valence-corrected chi connectivity index (χ0v) is 15.1. The fourth-order valence-corrected chi connectivity index (χ4v) is 3.38. The molecule has 0 aliphatic carbocycles. The lowest BCUT2D eigenvalue weighted by Gasteiger charge is -2.12. The van der Waals surface area contributed by atoms with Gasteiger partial charge in [0.05, 0.1) is 11.4 Å². The number of hydrogen-bond donors (Lipinski definition) is 0. The van der Waals surface area contributed by atoms with Crippen molar-refractivity contribution in [3.8, 4) is 17.1 Å². The predicted molar refractivity (Wildman–Crippen MR) is 97.9 cm³/mol. The van der Waals surface area contributed by atoms with Crippen molar-refractivity contribution in [2.24, 2.45) is 0 Å². The number of thioether (sulfide) groups is 1. The van der Waals surface area contributed by atoms with Crippen LogP contribution in [0.3, 0.4) is 0 Å². The molecule has 3 heterocycles. The second-order valence-corrected chi connectivity index (χ2v) is 6.64. The normalized spacial score (nSPS) is 11.0. The van der Waals surface area contributed by atoms with Gasteiger partial charge in [0, 0.05) is 18.0 Å². The quantitative estimate of drug-likeness (QED) is 0.500. The summed E-state index contributed by atoms with van der Waals surface area (Å²) < 4.78 is 7.24. The van der Waals surface area contributed by atoms with Gasteiger partial charge < -0.3 is 4.52 Å². The molecule has 0 fully saturated rings. The molecule has 0 bridgehead atoms. The molecule has 0 saturated heterocycles. The molecule has 0 saturated carbocycles. The maximum atomic E-state index is 5.20. The van der Waals surface area contributed by atoms with Crippen LogP contribution in [0.25, 0.3) is 17.1 Å². The van der Waals surface area contributed by atoms with Crippen molar-refractivity contribution in [3.63, 3.8) is 0 Å². The Morgan fingerprint density at radius 3 is 2.69 bits per heavy atom. The molecule has 1 aromatic carbocycles. The van der Waals surface area contributed by atoms with Gasteiger partial charge in [-0.15, -0.1) is 10.2 Å². The van der Waals surface area contributed by atoms with Crippen molar-refractivity contribution in [1.82, 2.24) is 29.9 Å². The van der Waals surface area contributed by atoms with E-state index < -0.39 is 0 Å². The van der Waals surface area contributed by atoms with Crippen LogP contribution in [0.4, 0.5) is 0 Å². The second-order valence-electron chi connectivity index (χ2n) is 5.69. The summed E-state index contributed by atoms with van der Waals surface area (Å²) >= 11 is 1.51. The molecule has 130 valence electrons. The van der Waals surface area contributed by atoms with Crippen molar-refractivity contribution in [3.05, 3.63) is 66.1 Å². The van der Waals surface area contributed by atoms with Gasteiger partial charge in [-0.3, -0.25) is 9.55 Å². The Morgan fingerprint density at radius 2 is 1.96 bits per heavy atom. The van der Waals surface area contributed by atoms with Crippen molar-refractivity contribution >= 4 is 11.8 Å². The molecule has 4 aromatic rings. The molecule has 0 radical (unpaired) electrons. The molecule has 3 aromatic heterocycles. The molecule has 0 atom stereocenters. The van der Waals surface area contributed by atoms with E-state index in [0.29, 0.717) is 17.5 Å². The minimum atomic E-state index is 0.526. The zero-order valence-electron chi connectivity index (χ0n) is 14.3. The van der Waals surface area contributed by atoms with E-state index in [-0.39, 0.29) is 0 Å². The summed E-state index contributed by atoms with van der Waals surface area (Å²) in [4.78, 5) is 8.45. The molecular weight excluding hydrogens is 348 g/mol. The maximum absolute atomic E-state index is 5.20. The van der Waals surface area contributed by atoms with Crippen LogP contribution in [0.5, 0.6) is 0 Å². The predicted octanol–water partition coefficient (Wildman–Crippen LogP) is 3.62. The molecule has 0 N–H and O–H groups in total. The van der Waals surface area contributed by atoms with Gasteiger partial charge in [0.2, 0.25) is 5.89 Å². The highest BCUT2D eigenvalue weighted by Crippen LogP contribution is 2.30. The first kappa shape index (κ1) is 16.5. The van der Waals surface area contributed by atoms with E-state index in [1.165, 1.54) is 11.8 Å². The van der Waals surface area contributed by atoms with Crippen LogP contribution in [-0.4, -0.2) is 29.9 Å². The van der Waals surface area contributed by atoms with Gasteiger partial charge in [-0.1, -0.05) is 35.1 Å². The monoisotopic (exact) mass is 364 g/mol. The average molecular weight is 364 g/mol. The summed E-state index contributed by atoms with van der Waals surface area (Å²) in [5, 5.41) is 13.4. The molecule has 0 aliphatic heterocycles. The van der Waals surface area contributed by atoms with E-state index in [2.05, 4.69) is 44.4 Å². The molecule has 8 heteroatoms. The zero-order chi connectivity index (χ0) is 17.9. The Bertz CT molecular complexity index is 1030. The van der Waals surface area contributed by atoms with E-state index in [9.17, 15) is 0 Å². The molecule has 0 aliphatic rings. The van der Waals surface area contributed by atoms with E-state index in [4.69, 9.17) is 4.52 Å². The molecule has 0 amide bonds. The van der Waals surface area contributed by atoms with E-state index >= 15 is 0 Å². The third-order valence-corrected chi connectivity index (χ3v) is 4.72. The molecule has 0 spiro atoms. The van der Waals surface area contributed by atoms with Crippen LogP contribution in [0.2, 0.25) is 0 Å². The van der Waals surface area contributed by atoms with Crippen LogP contribution < -0.4 is 0 Å². The Labute approximate surface area is 154 Å². The van der Waals surface area contributed by atoms with Crippen molar-refractivity contribution in [1.29, 1.82) is 0 Å². The molecular formula is C18H16N6OS. The first-order chi connectivity index (χ1) is 12.7. The minimum Gasteiger partial charge on any atom is -0.338 e. The van der Waals surface area contributed by atoms with Gasteiger partial charge in [0.1, 0.15) is 0 Å². The van der Waals surface area contributed by atoms with Gasteiger partial charge in [-0.25, -0.2) is 0 Å². The number of hydrogen-bond acceptors (Lipinski definition) is 7. The first-order valence-electron chi connectivity index (χ1n) is 8.06. The van der Waals surface area contributed by atoms with Crippen LogP contribution in [0.1, 0.15) is 17.3 Å². The van der Waals surface area contributed by atoms with Crippen molar-refractivity contribution in [2.45, 2.75) is 24.8 Å². The summed E-state index contributed by atoms with van der Waals surface area (Å²) in [7, 11) is 0. The lowest BCUT2D eigenvalue weighted by molar-refractivity contribution is 0.387. The van der Waals surface area contributed by atoms with E-state index in [0.717, 1.165) is 27.8 Å². The fraction of sp³-hybridized carbons (Fsp3) is 0.167. The summed E-state index contributed by atoms with van der Waals surface area (Å²) in [5.74, 6) is 2.46. The number of aromatic nitrogens is 6. The summed E-state index contributed by atoms with van der Waals surface area (Å²) in [6, 6.07) is 12.0. The highest BCUT2D eigenvalue weighted by atomic mass is 32.2. The molecule has 26 heavy (non-hydrogen) atoms. The van der Waals surface area contributed by atoms with Crippen LogP contribution in [0.15, 0.2) is 58.5 Å². The smallest absolute Gasteiger partial charge is 0.237 e. The lowest BCUT2D eigenvalue weighted by atomic mass is 10.2. The Hall–Kier alpha value is -3.00. The summed E-state index contributed by atoms with van der Waals surface area (Å²) in [6.45, 7) is 3.87. The van der Waals surface area contributed by atoms with Crippen LogP contribution in [0, 0.1) is 13.8 Å². The van der Waals surface area contributed by atoms with Crippen molar-refractivity contribution < 1.29 is 4.52 Å². The number of nitrogens with zero attached hydrogens (tertiary/aromatic N) is 6. The second kappa shape index (κ2) is 7.09. The summed E-state index contributed by atoms with van der Waals surface area (Å²) in [5.41, 5.74) is 3.07. The SMILES string of the molecule is Cc1noc(CSc2nnc(-c3cccnc3)n2-c2ccccc2C)n1. The molecule has 4 rings (SSSR count). The number of para-hydroxylation sites is 1. The number of aryl methyl sites for hydroxylation is 2. The Morgan fingerprint density at radius 1 is 1.08 bits per heavy atom. The number of rotatable bonds is 5. The number of benzene rings is 1. The first-order valence-corrected chi connectivity index (χ1v) is 9.05.